The number of hydrogen-bond acceptors (Lipinski definition) is 5. The Morgan fingerprint density at radius 1 is 1.44 bits per heavy atom. The fourth-order valence-electron chi connectivity index (χ4n) is 2.20. The first-order chi connectivity index (χ1) is 8.76. The van der Waals surface area contributed by atoms with Gasteiger partial charge < -0.3 is 10.1 Å². The summed E-state index contributed by atoms with van der Waals surface area (Å²) in [6.07, 6.45) is 4.23. The van der Waals surface area contributed by atoms with Crippen LogP contribution in [0.15, 0.2) is 0 Å². The summed E-state index contributed by atoms with van der Waals surface area (Å²) in [7, 11) is 0. The Hall–Kier alpha value is 0.480. The second-order valence-electron chi connectivity index (χ2n) is 4.65. The first-order valence-electron chi connectivity index (χ1n) is 6.36. The molecule has 2 saturated heterocycles. The number of hydrogen-bond donors (Lipinski definition) is 1. The molecule has 2 fully saturated rings. The van der Waals surface area contributed by atoms with E-state index in [0.29, 0.717) is 0 Å². The molecule has 0 saturated carbocycles. The molecule has 0 aromatic rings. The molecule has 2 aliphatic rings. The van der Waals surface area contributed by atoms with Crippen molar-refractivity contribution in [1.82, 2.24) is 5.32 Å². The van der Waals surface area contributed by atoms with Crippen molar-refractivity contribution in [3.05, 3.63) is 0 Å². The van der Waals surface area contributed by atoms with Gasteiger partial charge >= 0.3 is 0 Å². The third kappa shape index (κ3) is 3.99. The Balaban J connectivity index is 1.79. The molecule has 104 valence electrons. The molecule has 2 aliphatic heterocycles. The number of nitrogens with one attached hydrogen (secondary N) is 1. The molecule has 0 spiro atoms. The maximum absolute atomic E-state index is 12.1. The quantitative estimate of drug-likeness (QED) is 0.858. The van der Waals surface area contributed by atoms with Gasteiger partial charge in [0.15, 0.2) is 0 Å². The Kier molecular flexibility index (Phi) is 6.04. The second kappa shape index (κ2) is 7.31. The fraction of sp³-hybridized carbons (Fsp3) is 0.917. The lowest BCUT2D eigenvalue weighted by Gasteiger charge is -2.36. The SMILES string of the molecule is CSC1(CNC(=O)[C@H]2CSCCS2)CCOCC1. The van der Waals surface area contributed by atoms with Crippen LogP contribution in [0.1, 0.15) is 12.8 Å². The van der Waals surface area contributed by atoms with Gasteiger partial charge in [-0.1, -0.05) is 0 Å². The van der Waals surface area contributed by atoms with E-state index in [1.165, 1.54) is 5.75 Å². The van der Waals surface area contributed by atoms with Crippen LogP contribution < -0.4 is 5.32 Å². The van der Waals surface area contributed by atoms with Crippen molar-refractivity contribution >= 4 is 41.2 Å². The van der Waals surface area contributed by atoms with E-state index in [0.717, 1.165) is 44.1 Å². The van der Waals surface area contributed by atoms with E-state index in [-0.39, 0.29) is 15.9 Å². The van der Waals surface area contributed by atoms with E-state index in [9.17, 15) is 4.79 Å². The van der Waals surface area contributed by atoms with E-state index in [2.05, 4.69) is 11.6 Å². The van der Waals surface area contributed by atoms with Gasteiger partial charge in [0.1, 0.15) is 0 Å². The summed E-state index contributed by atoms with van der Waals surface area (Å²) < 4.78 is 5.61. The number of thioether (sulfide) groups is 3. The largest absolute Gasteiger partial charge is 0.381 e. The second-order valence-corrected chi connectivity index (χ2v) is 8.39. The van der Waals surface area contributed by atoms with Gasteiger partial charge in [-0.3, -0.25) is 4.79 Å². The van der Waals surface area contributed by atoms with E-state index < -0.39 is 0 Å². The summed E-state index contributed by atoms with van der Waals surface area (Å²) in [5.41, 5.74) is 0. The predicted molar refractivity (Wildman–Crippen MR) is 82.9 cm³/mol. The zero-order valence-electron chi connectivity index (χ0n) is 10.8. The highest BCUT2D eigenvalue weighted by molar-refractivity contribution is 8.07. The molecule has 18 heavy (non-hydrogen) atoms. The van der Waals surface area contributed by atoms with Crippen LogP contribution in [0, 0.1) is 0 Å². The number of carbonyl (C=O) groups excluding carboxylic acids is 1. The molecule has 2 rings (SSSR count). The molecule has 3 nitrogen and oxygen atoms in total. The van der Waals surface area contributed by atoms with E-state index in [1.807, 2.05) is 23.5 Å². The summed E-state index contributed by atoms with van der Waals surface area (Å²) in [5.74, 6) is 3.48. The maximum atomic E-state index is 12.1. The first-order valence-corrected chi connectivity index (χ1v) is 9.78. The summed E-state index contributed by atoms with van der Waals surface area (Å²) in [6, 6.07) is 0. The zero-order valence-corrected chi connectivity index (χ0v) is 13.2. The van der Waals surface area contributed by atoms with E-state index in [1.54, 1.807) is 11.8 Å². The molecule has 0 aromatic carbocycles. The minimum absolute atomic E-state index is 0.155. The van der Waals surface area contributed by atoms with Gasteiger partial charge in [0, 0.05) is 41.8 Å². The summed E-state index contributed by atoms with van der Waals surface area (Å²) >= 11 is 5.57. The third-order valence-electron chi connectivity index (χ3n) is 3.53. The van der Waals surface area contributed by atoms with Crippen LogP contribution in [0.5, 0.6) is 0 Å². The van der Waals surface area contributed by atoms with Crippen molar-refractivity contribution in [2.75, 3.05) is 43.3 Å². The van der Waals surface area contributed by atoms with E-state index in [4.69, 9.17) is 4.74 Å². The molecule has 0 unspecified atom stereocenters. The predicted octanol–water partition coefficient (Wildman–Crippen LogP) is 1.86. The van der Waals surface area contributed by atoms with Crippen LogP contribution in [-0.2, 0) is 9.53 Å². The number of amides is 1. The van der Waals surface area contributed by atoms with Gasteiger partial charge in [0.2, 0.25) is 5.91 Å². The number of ether oxygens (including phenoxy) is 1. The lowest BCUT2D eigenvalue weighted by Crippen LogP contribution is -2.47. The van der Waals surface area contributed by atoms with Crippen molar-refractivity contribution in [1.29, 1.82) is 0 Å². The third-order valence-corrected chi connectivity index (χ3v) is 7.70. The summed E-state index contributed by atoms with van der Waals surface area (Å²) in [4.78, 5) is 12.1. The average molecular weight is 308 g/mol. The number of rotatable bonds is 4. The van der Waals surface area contributed by atoms with Gasteiger partial charge in [-0.2, -0.15) is 23.5 Å². The average Bonchev–Trinajstić information content (AvgIpc) is 2.47. The normalized spacial score (nSPS) is 27.7. The minimum atomic E-state index is 0.155. The Morgan fingerprint density at radius 2 is 2.22 bits per heavy atom. The van der Waals surface area contributed by atoms with Crippen molar-refractivity contribution in [3.63, 3.8) is 0 Å². The van der Waals surface area contributed by atoms with Gasteiger partial charge in [-0.05, 0) is 19.1 Å². The molecular formula is C12H21NO2S3. The van der Waals surface area contributed by atoms with Crippen LogP contribution in [0.3, 0.4) is 0 Å². The van der Waals surface area contributed by atoms with Crippen molar-refractivity contribution in [3.8, 4) is 0 Å². The van der Waals surface area contributed by atoms with Crippen LogP contribution in [0.4, 0.5) is 0 Å². The molecule has 0 bridgehead atoms. The molecule has 0 aliphatic carbocycles. The summed E-state index contributed by atoms with van der Waals surface area (Å²) in [5, 5.41) is 3.32. The zero-order chi connectivity index (χ0) is 12.8. The van der Waals surface area contributed by atoms with Crippen molar-refractivity contribution in [2.45, 2.75) is 22.8 Å². The van der Waals surface area contributed by atoms with Crippen LogP contribution in [0.25, 0.3) is 0 Å². The molecule has 1 amide bonds. The number of carbonyl (C=O) groups is 1. The van der Waals surface area contributed by atoms with Crippen LogP contribution >= 0.6 is 35.3 Å². The highest BCUT2D eigenvalue weighted by atomic mass is 32.2. The molecule has 0 aromatic heterocycles. The fourth-order valence-corrected chi connectivity index (χ4v) is 5.57. The minimum Gasteiger partial charge on any atom is -0.381 e. The van der Waals surface area contributed by atoms with Gasteiger partial charge in [0.25, 0.3) is 0 Å². The van der Waals surface area contributed by atoms with Gasteiger partial charge in [-0.15, -0.1) is 11.8 Å². The summed E-state index contributed by atoms with van der Waals surface area (Å²) in [6.45, 7) is 2.44. The molecule has 1 atom stereocenters. The van der Waals surface area contributed by atoms with Crippen molar-refractivity contribution < 1.29 is 9.53 Å². The standard InChI is InChI=1S/C12H21NO2S3/c1-16-12(2-4-15-5-3-12)9-13-11(14)10-8-17-6-7-18-10/h10H,2-9H2,1H3,(H,13,14)/t10-/m1/s1. The topological polar surface area (TPSA) is 38.3 Å². The molecular weight excluding hydrogens is 286 g/mol. The Morgan fingerprint density at radius 3 is 2.83 bits per heavy atom. The smallest absolute Gasteiger partial charge is 0.234 e. The molecule has 6 heteroatoms. The molecule has 2 heterocycles. The van der Waals surface area contributed by atoms with E-state index >= 15 is 0 Å². The van der Waals surface area contributed by atoms with Crippen molar-refractivity contribution in [2.24, 2.45) is 0 Å². The first kappa shape index (κ1) is 14.9. The van der Waals surface area contributed by atoms with Gasteiger partial charge in [-0.25, -0.2) is 0 Å². The van der Waals surface area contributed by atoms with Crippen LogP contribution in [0.2, 0.25) is 0 Å². The Bertz CT molecular complexity index is 276. The Labute approximate surface area is 122 Å². The highest BCUT2D eigenvalue weighted by Gasteiger charge is 2.33. The lowest BCUT2D eigenvalue weighted by atomic mass is 9.99. The van der Waals surface area contributed by atoms with Crippen LogP contribution in [-0.4, -0.2) is 59.2 Å². The highest BCUT2D eigenvalue weighted by Crippen LogP contribution is 2.33. The molecule has 0 radical (unpaired) electrons. The molecule has 1 N–H and O–H groups in total. The maximum Gasteiger partial charge on any atom is 0.234 e. The lowest BCUT2D eigenvalue weighted by molar-refractivity contribution is -0.120. The monoisotopic (exact) mass is 307 g/mol. The van der Waals surface area contributed by atoms with Gasteiger partial charge in [0.05, 0.1) is 5.25 Å².